The fourth-order valence-corrected chi connectivity index (χ4v) is 3.71. The molecule has 0 aromatic heterocycles. The molecule has 0 bridgehead atoms. The third-order valence-corrected chi connectivity index (χ3v) is 4.16. The van der Waals surface area contributed by atoms with Crippen molar-refractivity contribution in [3.8, 4) is 0 Å². The van der Waals surface area contributed by atoms with Gasteiger partial charge in [0, 0.05) is 23.6 Å². The summed E-state index contributed by atoms with van der Waals surface area (Å²) >= 11 is 2.20. The van der Waals surface area contributed by atoms with E-state index in [1.165, 1.54) is 31.6 Å². The van der Waals surface area contributed by atoms with Crippen molar-refractivity contribution >= 4 is 11.8 Å². The fraction of sp³-hybridized carbons (Fsp3) is 1.00. The van der Waals surface area contributed by atoms with Crippen molar-refractivity contribution in [1.82, 2.24) is 4.90 Å². The first-order chi connectivity index (χ1) is 4.88. The molecule has 2 atom stereocenters. The number of hydrogen-bond acceptors (Lipinski definition) is 2. The van der Waals surface area contributed by atoms with Crippen LogP contribution in [-0.4, -0.2) is 35.5 Å². The predicted molar refractivity (Wildman–Crippen MR) is 46.5 cm³/mol. The molecule has 1 aliphatic heterocycles. The molecule has 1 heterocycles. The second kappa shape index (κ2) is 2.74. The molecule has 1 saturated carbocycles. The summed E-state index contributed by atoms with van der Waals surface area (Å²) in [5.74, 6) is 1.36. The minimum atomic E-state index is 0.929. The zero-order chi connectivity index (χ0) is 6.97. The maximum atomic E-state index is 2.55. The highest BCUT2D eigenvalue weighted by Crippen LogP contribution is 2.35. The van der Waals surface area contributed by atoms with Gasteiger partial charge in [-0.15, -0.1) is 0 Å². The maximum Gasteiger partial charge on any atom is 0.0212 e. The van der Waals surface area contributed by atoms with Gasteiger partial charge in [0.2, 0.25) is 0 Å². The van der Waals surface area contributed by atoms with Crippen molar-refractivity contribution in [3.05, 3.63) is 0 Å². The maximum absolute atomic E-state index is 2.55. The lowest BCUT2D eigenvalue weighted by Crippen LogP contribution is -2.41. The van der Waals surface area contributed by atoms with Crippen LogP contribution >= 0.6 is 11.8 Å². The molecule has 2 rings (SSSR count). The molecule has 10 heavy (non-hydrogen) atoms. The van der Waals surface area contributed by atoms with Gasteiger partial charge in [0.1, 0.15) is 0 Å². The summed E-state index contributed by atoms with van der Waals surface area (Å²) in [7, 11) is 2.28. The van der Waals surface area contributed by atoms with E-state index in [9.17, 15) is 0 Å². The number of hydrogen-bond donors (Lipinski definition) is 0. The highest BCUT2D eigenvalue weighted by molar-refractivity contribution is 8.00. The summed E-state index contributed by atoms with van der Waals surface area (Å²) in [6.45, 7) is 1.31. The molecule has 0 N–H and O–H groups in total. The highest BCUT2D eigenvalue weighted by atomic mass is 32.2. The van der Waals surface area contributed by atoms with Crippen molar-refractivity contribution < 1.29 is 0 Å². The summed E-state index contributed by atoms with van der Waals surface area (Å²) in [5.41, 5.74) is 0. The molecular weight excluding hydrogens is 142 g/mol. The molecule has 58 valence electrons. The van der Waals surface area contributed by atoms with Gasteiger partial charge < -0.3 is 4.90 Å². The Balaban J connectivity index is 2.03. The Morgan fingerprint density at radius 2 is 2.30 bits per heavy atom. The van der Waals surface area contributed by atoms with E-state index in [1.807, 2.05) is 0 Å². The van der Waals surface area contributed by atoms with Crippen LogP contribution in [-0.2, 0) is 0 Å². The topological polar surface area (TPSA) is 3.24 Å². The zero-order valence-corrected chi connectivity index (χ0v) is 7.36. The number of rotatable bonds is 0. The summed E-state index contributed by atoms with van der Waals surface area (Å²) in [6, 6.07) is 0.929. The van der Waals surface area contributed by atoms with E-state index in [2.05, 4.69) is 23.7 Å². The Bertz CT molecular complexity index is 126. The summed E-state index contributed by atoms with van der Waals surface area (Å²) in [5, 5.41) is 0.985. The molecule has 1 aliphatic carbocycles. The smallest absolute Gasteiger partial charge is 0.0212 e. The molecule has 1 nitrogen and oxygen atoms in total. The van der Waals surface area contributed by atoms with E-state index in [0.29, 0.717) is 0 Å². The van der Waals surface area contributed by atoms with Gasteiger partial charge in [0.15, 0.2) is 0 Å². The van der Waals surface area contributed by atoms with Crippen LogP contribution in [0.1, 0.15) is 19.3 Å². The van der Waals surface area contributed by atoms with Crippen molar-refractivity contribution in [1.29, 1.82) is 0 Å². The largest absolute Gasteiger partial charge is 0.301 e. The van der Waals surface area contributed by atoms with Crippen LogP contribution in [0.25, 0.3) is 0 Å². The van der Waals surface area contributed by atoms with Crippen molar-refractivity contribution in [3.63, 3.8) is 0 Å². The van der Waals surface area contributed by atoms with E-state index >= 15 is 0 Å². The molecule has 0 aromatic carbocycles. The normalized spacial score (nSPS) is 41.7. The van der Waals surface area contributed by atoms with E-state index in [-0.39, 0.29) is 0 Å². The second-order valence-corrected chi connectivity index (χ2v) is 4.74. The van der Waals surface area contributed by atoms with E-state index in [1.54, 1.807) is 0 Å². The molecule has 0 spiro atoms. The SMILES string of the molecule is CN1CCSC2CCCC21. The fourth-order valence-electron chi connectivity index (χ4n) is 2.12. The van der Waals surface area contributed by atoms with Crippen molar-refractivity contribution in [2.45, 2.75) is 30.6 Å². The van der Waals surface area contributed by atoms with E-state index < -0.39 is 0 Å². The Hall–Kier alpha value is 0.310. The Kier molecular flexibility index (Phi) is 1.92. The summed E-state index contributed by atoms with van der Waals surface area (Å²) in [6.07, 6.45) is 4.39. The average Bonchev–Trinajstić information content (AvgIpc) is 2.36. The van der Waals surface area contributed by atoms with Crippen LogP contribution in [0.2, 0.25) is 0 Å². The van der Waals surface area contributed by atoms with Crippen molar-refractivity contribution in [2.75, 3.05) is 19.3 Å². The average molecular weight is 157 g/mol. The van der Waals surface area contributed by atoms with Gasteiger partial charge in [-0.1, -0.05) is 6.42 Å². The predicted octanol–water partition coefficient (Wildman–Crippen LogP) is 1.59. The molecule has 2 aliphatic rings. The summed E-state index contributed by atoms with van der Waals surface area (Å²) in [4.78, 5) is 2.55. The van der Waals surface area contributed by atoms with Gasteiger partial charge >= 0.3 is 0 Å². The Labute approximate surface area is 67.2 Å². The first-order valence-electron chi connectivity index (χ1n) is 4.20. The minimum absolute atomic E-state index is 0.929. The van der Waals surface area contributed by atoms with E-state index in [0.717, 1.165) is 11.3 Å². The first kappa shape index (κ1) is 6.99. The van der Waals surface area contributed by atoms with Crippen LogP contribution in [0.5, 0.6) is 0 Å². The molecule has 0 aromatic rings. The minimum Gasteiger partial charge on any atom is -0.301 e. The molecule has 1 saturated heterocycles. The lowest BCUT2D eigenvalue weighted by atomic mass is 10.2. The number of fused-ring (bicyclic) bond motifs is 1. The molecule has 0 amide bonds. The quantitative estimate of drug-likeness (QED) is 0.525. The van der Waals surface area contributed by atoms with Crippen LogP contribution in [0, 0.1) is 0 Å². The third kappa shape index (κ3) is 1.08. The molecule has 0 radical (unpaired) electrons. The lowest BCUT2D eigenvalue weighted by molar-refractivity contribution is 0.256. The number of thioether (sulfide) groups is 1. The van der Waals surface area contributed by atoms with Crippen LogP contribution in [0.3, 0.4) is 0 Å². The van der Waals surface area contributed by atoms with Crippen molar-refractivity contribution in [2.24, 2.45) is 0 Å². The Morgan fingerprint density at radius 1 is 1.40 bits per heavy atom. The van der Waals surface area contributed by atoms with Gasteiger partial charge in [-0.2, -0.15) is 11.8 Å². The number of nitrogens with zero attached hydrogens (tertiary/aromatic N) is 1. The zero-order valence-electron chi connectivity index (χ0n) is 6.55. The van der Waals surface area contributed by atoms with Gasteiger partial charge in [-0.05, 0) is 19.9 Å². The second-order valence-electron chi connectivity index (χ2n) is 3.39. The lowest BCUT2D eigenvalue weighted by Gasteiger charge is -2.34. The molecular formula is C8H15NS. The van der Waals surface area contributed by atoms with Crippen LogP contribution in [0.4, 0.5) is 0 Å². The molecule has 2 fully saturated rings. The molecule has 2 heteroatoms. The summed E-state index contributed by atoms with van der Waals surface area (Å²) < 4.78 is 0. The van der Waals surface area contributed by atoms with Gasteiger partial charge in [0.25, 0.3) is 0 Å². The highest BCUT2D eigenvalue weighted by Gasteiger charge is 2.33. The van der Waals surface area contributed by atoms with Crippen LogP contribution < -0.4 is 0 Å². The monoisotopic (exact) mass is 157 g/mol. The van der Waals surface area contributed by atoms with Gasteiger partial charge in [-0.3, -0.25) is 0 Å². The van der Waals surface area contributed by atoms with Crippen LogP contribution in [0.15, 0.2) is 0 Å². The van der Waals surface area contributed by atoms with Gasteiger partial charge in [0.05, 0.1) is 0 Å². The standard InChI is InChI=1S/C8H15NS/c1-9-5-6-10-8-4-2-3-7(8)9/h7-8H,2-6H2,1H3. The molecule has 2 unspecified atom stereocenters. The Morgan fingerprint density at radius 3 is 3.10 bits per heavy atom. The van der Waals surface area contributed by atoms with Gasteiger partial charge in [-0.25, -0.2) is 0 Å². The first-order valence-corrected chi connectivity index (χ1v) is 5.24. The van der Waals surface area contributed by atoms with E-state index in [4.69, 9.17) is 0 Å². The third-order valence-electron chi connectivity index (χ3n) is 2.76.